The summed E-state index contributed by atoms with van der Waals surface area (Å²) >= 11 is 0. The van der Waals surface area contributed by atoms with Crippen LogP contribution in [0.3, 0.4) is 0 Å². The molecule has 3 rings (SSSR count). The highest BCUT2D eigenvalue weighted by atomic mass is 15.3. The first-order chi connectivity index (χ1) is 10.4. The number of hydrogen-bond donors (Lipinski definition) is 1. The average molecular weight is 289 g/mol. The van der Waals surface area contributed by atoms with Crippen molar-refractivity contribution in [1.82, 2.24) is 14.9 Å². The Kier molecular flexibility index (Phi) is 5.04. The normalized spacial score (nSPS) is 19.6. The molecule has 0 radical (unpaired) electrons. The molecular weight excluding hydrogens is 262 g/mol. The number of anilines is 1. The van der Waals surface area contributed by atoms with Crippen LogP contribution in [0.15, 0.2) is 6.33 Å². The van der Waals surface area contributed by atoms with E-state index in [4.69, 9.17) is 5.73 Å². The molecule has 1 aliphatic carbocycles. The lowest BCUT2D eigenvalue weighted by molar-refractivity contribution is 0.252. The molecule has 21 heavy (non-hydrogen) atoms. The maximum Gasteiger partial charge on any atom is 0.135 e. The molecule has 5 nitrogen and oxygen atoms in total. The van der Waals surface area contributed by atoms with Crippen LogP contribution in [0.1, 0.15) is 36.9 Å². The Morgan fingerprint density at radius 3 is 2.62 bits per heavy atom. The van der Waals surface area contributed by atoms with E-state index < -0.39 is 0 Å². The molecule has 0 spiro atoms. The van der Waals surface area contributed by atoms with Crippen LogP contribution < -0.4 is 10.6 Å². The van der Waals surface area contributed by atoms with Gasteiger partial charge in [-0.1, -0.05) is 0 Å². The van der Waals surface area contributed by atoms with E-state index in [1.54, 1.807) is 6.33 Å². The number of fused-ring (bicyclic) bond motifs is 1. The molecule has 116 valence electrons. The van der Waals surface area contributed by atoms with Gasteiger partial charge in [0.1, 0.15) is 12.1 Å². The van der Waals surface area contributed by atoms with Crippen LogP contribution in [-0.4, -0.2) is 54.1 Å². The largest absolute Gasteiger partial charge is 0.354 e. The number of rotatable bonds is 5. The van der Waals surface area contributed by atoms with Crippen molar-refractivity contribution in [2.24, 2.45) is 5.73 Å². The summed E-state index contributed by atoms with van der Waals surface area (Å²) in [7, 11) is 0. The Labute approximate surface area is 127 Å². The monoisotopic (exact) mass is 289 g/mol. The highest BCUT2D eigenvalue weighted by Crippen LogP contribution is 2.27. The van der Waals surface area contributed by atoms with Crippen molar-refractivity contribution in [2.45, 2.75) is 38.5 Å². The van der Waals surface area contributed by atoms with Gasteiger partial charge in [-0.3, -0.25) is 4.90 Å². The van der Waals surface area contributed by atoms with E-state index in [2.05, 4.69) is 19.8 Å². The molecule has 1 saturated heterocycles. The third kappa shape index (κ3) is 3.52. The number of nitrogens with two attached hydrogens (primary N) is 1. The zero-order valence-corrected chi connectivity index (χ0v) is 12.9. The Bertz CT molecular complexity index is 454. The van der Waals surface area contributed by atoms with Gasteiger partial charge in [0, 0.05) is 37.4 Å². The van der Waals surface area contributed by atoms with E-state index in [0.29, 0.717) is 0 Å². The average Bonchev–Trinajstić information content (AvgIpc) is 2.55. The molecular formula is C16H27N5. The molecule has 5 heteroatoms. The fourth-order valence-corrected chi connectivity index (χ4v) is 3.44. The number of hydrogen-bond acceptors (Lipinski definition) is 5. The third-order valence-electron chi connectivity index (χ3n) is 4.70. The summed E-state index contributed by atoms with van der Waals surface area (Å²) in [5.41, 5.74) is 8.27. The van der Waals surface area contributed by atoms with Crippen molar-refractivity contribution in [3.8, 4) is 0 Å². The molecule has 0 amide bonds. The summed E-state index contributed by atoms with van der Waals surface area (Å²) in [6.45, 7) is 6.46. The number of aryl methyl sites for hydroxylation is 1. The molecule has 2 aliphatic rings. The van der Waals surface area contributed by atoms with Gasteiger partial charge in [-0.05, 0) is 51.6 Å². The molecule has 1 aromatic rings. The van der Waals surface area contributed by atoms with Crippen LogP contribution in [-0.2, 0) is 12.8 Å². The standard InChI is InChI=1S/C16H27N5/c17-7-3-4-8-20-9-11-21(12-10-20)16-14-5-1-2-6-15(14)18-13-19-16/h13H,1-12,17H2. The second-order valence-electron chi connectivity index (χ2n) is 6.15. The zero-order chi connectivity index (χ0) is 14.5. The lowest BCUT2D eigenvalue weighted by atomic mass is 9.96. The summed E-state index contributed by atoms with van der Waals surface area (Å²) in [5.74, 6) is 1.21. The van der Waals surface area contributed by atoms with Crippen LogP contribution in [0.2, 0.25) is 0 Å². The molecule has 0 aromatic carbocycles. The van der Waals surface area contributed by atoms with Crippen molar-refractivity contribution < 1.29 is 0 Å². The Morgan fingerprint density at radius 2 is 1.81 bits per heavy atom. The van der Waals surface area contributed by atoms with E-state index in [1.165, 1.54) is 42.9 Å². The fourth-order valence-electron chi connectivity index (χ4n) is 3.44. The van der Waals surface area contributed by atoms with Crippen LogP contribution >= 0.6 is 0 Å². The number of aromatic nitrogens is 2. The molecule has 0 unspecified atom stereocenters. The predicted molar refractivity (Wildman–Crippen MR) is 85.6 cm³/mol. The summed E-state index contributed by atoms with van der Waals surface area (Å²) in [6.07, 6.45) is 8.96. The molecule has 2 heterocycles. The van der Waals surface area contributed by atoms with Gasteiger partial charge >= 0.3 is 0 Å². The second kappa shape index (κ2) is 7.18. The van der Waals surface area contributed by atoms with Gasteiger partial charge in [0.2, 0.25) is 0 Å². The van der Waals surface area contributed by atoms with Crippen molar-refractivity contribution in [2.75, 3.05) is 44.2 Å². The first-order valence-electron chi connectivity index (χ1n) is 8.38. The first kappa shape index (κ1) is 14.7. The first-order valence-corrected chi connectivity index (χ1v) is 8.38. The van der Waals surface area contributed by atoms with Gasteiger partial charge in [0.15, 0.2) is 0 Å². The quantitative estimate of drug-likeness (QED) is 0.826. The maximum absolute atomic E-state index is 5.57. The highest BCUT2D eigenvalue weighted by molar-refractivity contribution is 5.50. The highest BCUT2D eigenvalue weighted by Gasteiger charge is 2.23. The van der Waals surface area contributed by atoms with Gasteiger partial charge in [0.25, 0.3) is 0 Å². The zero-order valence-electron chi connectivity index (χ0n) is 12.9. The van der Waals surface area contributed by atoms with Gasteiger partial charge in [-0.25, -0.2) is 9.97 Å². The van der Waals surface area contributed by atoms with Crippen molar-refractivity contribution in [3.63, 3.8) is 0 Å². The van der Waals surface area contributed by atoms with E-state index in [9.17, 15) is 0 Å². The summed E-state index contributed by atoms with van der Waals surface area (Å²) in [5, 5.41) is 0. The molecule has 1 fully saturated rings. The Morgan fingerprint density at radius 1 is 1.00 bits per heavy atom. The number of piperazine rings is 1. The van der Waals surface area contributed by atoms with Gasteiger partial charge < -0.3 is 10.6 Å². The molecule has 0 atom stereocenters. The predicted octanol–water partition coefficient (Wildman–Crippen LogP) is 1.22. The Hall–Kier alpha value is -1.20. The van der Waals surface area contributed by atoms with Crippen molar-refractivity contribution in [3.05, 3.63) is 17.6 Å². The molecule has 0 saturated carbocycles. The molecule has 2 N–H and O–H groups in total. The van der Waals surface area contributed by atoms with E-state index >= 15 is 0 Å². The van der Waals surface area contributed by atoms with Crippen LogP contribution in [0.5, 0.6) is 0 Å². The minimum atomic E-state index is 0.813. The molecule has 0 bridgehead atoms. The van der Waals surface area contributed by atoms with Gasteiger partial charge in [-0.2, -0.15) is 0 Å². The summed E-state index contributed by atoms with van der Waals surface area (Å²) < 4.78 is 0. The number of nitrogens with zero attached hydrogens (tertiary/aromatic N) is 4. The third-order valence-corrected chi connectivity index (χ3v) is 4.70. The van der Waals surface area contributed by atoms with E-state index in [1.807, 2.05) is 0 Å². The summed E-state index contributed by atoms with van der Waals surface area (Å²) in [4.78, 5) is 14.1. The lowest BCUT2D eigenvalue weighted by Crippen LogP contribution is -2.47. The van der Waals surface area contributed by atoms with Gasteiger partial charge in [-0.15, -0.1) is 0 Å². The minimum absolute atomic E-state index is 0.813. The summed E-state index contributed by atoms with van der Waals surface area (Å²) in [6, 6.07) is 0. The van der Waals surface area contributed by atoms with Crippen molar-refractivity contribution >= 4 is 5.82 Å². The Balaban J connectivity index is 1.59. The molecule has 1 aromatic heterocycles. The SMILES string of the molecule is NCCCCN1CCN(c2ncnc3c2CCCC3)CC1. The minimum Gasteiger partial charge on any atom is -0.354 e. The second-order valence-corrected chi connectivity index (χ2v) is 6.15. The van der Waals surface area contributed by atoms with Crippen LogP contribution in [0.25, 0.3) is 0 Å². The van der Waals surface area contributed by atoms with Crippen LogP contribution in [0.4, 0.5) is 5.82 Å². The fraction of sp³-hybridized carbons (Fsp3) is 0.750. The van der Waals surface area contributed by atoms with E-state index in [0.717, 1.165) is 52.0 Å². The van der Waals surface area contributed by atoms with E-state index in [-0.39, 0.29) is 0 Å². The van der Waals surface area contributed by atoms with Crippen LogP contribution in [0, 0.1) is 0 Å². The molecule has 1 aliphatic heterocycles. The smallest absolute Gasteiger partial charge is 0.135 e. The number of unbranched alkanes of at least 4 members (excludes halogenated alkanes) is 1. The van der Waals surface area contributed by atoms with Gasteiger partial charge in [0.05, 0.1) is 0 Å². The topological polar surface area (TPSA) is 58.3 Å². The lowest BCUT2D eigenvalue weighted by Gasteiger charge is -2.36. The maximum atomic E-state index is 5.57. The van der Waals surface area contributed by atoms with Crippen molar-refractivity contribution in [1.29, 1.82) is 0 Å².